The monoisotopic (exact) mass is 275 g/mol. The van der Waals surface area contributed by atoms with Crippen molar-refractivity contribution in [2.45, 2.75) is 31.8 Å². The van der Waals surface area contributed by atoms with Crippen LogP contribution in [0.3, 0.4) is 0 Å². The molecule has 1 unspecified atom stereocenters. The molecule has 1 aromatic rings. The molecule has 0 spiro atoms. The van der Waals surface area contributed by atoms with Crippen LogP contribution in [-0.2, 0) is 0 Å². The lowest BCUT2D eigenvalue weighted by molar-refractivity contribution is 0.151. The van der Waals surface area contributed by atoms with E-state index in [1.807, 2.05) is 25.1 Å². The minimum absolute atomic E-state index is 0.125. The van der Waals surface area contributed by atoms with E-state index < -0.39 is 0 Å². The highest BCUT2D eigenvalue weighted by Gasteiger charge is 2.24. The SMILES string of the molecule is CC(NC1CCN(C(=O)N(C)C)CC1)c1ccccc1. The van der Waals surface area contributed by atoms with E-state index in [2.05, 4.69) is 36.5 Å². The molecule has 1 aliphatic rings. The van der Waals surface area contributed by atoms with Gasteiger partial charge in [0.25, 0.3) is 0 Å². The molecule has 0 aliphatic carbocycles. The smallest absolute Gasteiger partial charge is 0.319 e. The molecule has 4 heteroatoms. The number of urea groups is 1. The number of carbonyl (C=O) groups is 1. The zero-order valence-corrected chi connectivity index (χ0v) is 12.7. The van der Waals surface area contributed by atoms with Gasteiger partial charge in [-0.25, -0.2) is 4.79 Å². The first-order valence-corrected chi connectivity index (χ1v) is 7.35. The lowest BCUT2D eigenvalue weighted by atomic mass is 10.0. The Morgan fingerprint density at radius 3 is 2.40 bits per heavy atom. The quantitative estimate of drug-likeness (QED) is 0.920. The summed E-state index contributed by atoms with van der Waals surface area (Å²) < 4.78 is 0. The molecule has 2 rings (SSSR count). The molecule has 2 amide bonds. The van der Waals surface area contributed by atoms with E-state index in [0.717, 1.165) is 25.9 Å². The van der Waals surface area contributed by atoms with Gasteiger partial charge in [-0.2, -0.15) is 0 Å². The summed E-state index contributed by atoms with van der Waals surface area (Å²) in [5.41, 5.74) is 1.32. The summed E-state index contributed by atoms with van der Waals surface area (Å²) in [6, 6.07) is 11.5. The van der Waals surface area contributed by atoms with E-state index in [-0.39, 0.29) is 6.03 Å². The molecule has 0 aromatic heterocycles. The van der Waals surface area contributed by atoms with Crippen LogP contribution in [0.4, 0.5) is 4.79 Å². The number of piperidine rings is 1. The standard InChI is InChI=1S/C16H25N3O/c1-13(14-7-5-4-6-8-14)17-15-9-11-19(12-10-15)16(20)18(2)3/h4-8,13,15,17H,9-12H2,1-3H3. The van der Waals surface area contributed by atoms with Crippen LogP contribution in [0, 0.1) is 0 Å². The highest BCUT2D eigenvalue weighted by Crippen LogP contribution is 2.17. The Kier molecular flexibility index (Phi) is 5.01. The van der Waals surface area contributed by atoms with Gasteiger partial charge in [-0.15, -0.1) is 0 Å². The van der Waals surface area contributed by atoms with Crippen LogP contribution >= 0.6 is 0 Å². The van der Waals surface area contributed by atoms with Crippen molar-refractivity contribution < 1.29 is 4.79 Å². The van der Waals surface area contributed by atoms with E-state index >= 15 is 0 Å². The topological polar surface area (TPSA) is 35.6 Å². The molecule has 20 heavy (non-hydrogen) atoms. The molecule has 4 nitrogen and oxygen atoms in total. The molecule has 1 N–H and O–H groups in total. The van der Waals surface area contributed by atoms with Gasteiger partial charge in [0.15, 0.2) is 0 Å². The predicted molar refractivity (Wildman–Crippen MR) is 81.7 cm³/mol. The maximum absolute atomic E-state index is 11.9. The number of hydrogen-bond donors (Lipinski definition) is 1. The first kappa shape index (κ1) is 14.9. The van der Waals surface area contributed by atoms with Crippen molar-refractivity contribution in [3.05, 3.63) is 35.9 Å². The van der Waals surface area contributed by atoms with Crippen LogP contribution in [-0.4, -0.2) is 49.1 Å². The van der Waals surface area contributed by atoms with Gasteiger partial charge >= 0.3 is 6.03 Å². The number of rotatable bonds is 3. The van der Waals surface area contributed by atoms with E-state index in [9.17, 15) is 4.79 Å². The Hall–Kier alpha value is -1.55. The molecular formula is C16H25N3O. The summed E-state index contributed by atoms with van der Waals surface area (Å²) in [4.78, 5) is 15.5. The second-order valence-corrected chi connectivity index (χ2v) is 5.74. The minimum Gasteiger partial charge on any atom is -0.331 e. The molecule has 1 aromatic carbocycles. The van der Waals surface area contributed by atoms with Crippen LogP contribution in [0.15, 0.2) is 30.3 Å². The average Bonchev–Trinajstić information content (AvgIpc) is 2.48. The summed E-state index contributed by atoms with van der Waals surface area (Å²) in [6.45, 7) is 3.89. The Bertz CT molecular complexity index is 425. The molecule has 0 saturated carbocycles. The van der Waals surface area contributed by atoms with Crippen molar-refractivity contribution in [3.63, 3.8) is 0 Å². The van der Waals surface area contributed by atoms with Crippen molar-refractivity contribution >= 4 is 6.03 Å². The van der Waals surface area contributed by atoms with E-state index in [0.29, 0.717) is 12.1 Å². The van der Waals surface area contributed by atoms with Gasteiger partial charge < -0.3 is 15.1 Å². The second-order valence-electron chi connectivity index (χ2n) is 5.74. The molecule has 0 radical (unpaired) electrons. The number of nitrogens with zero attached hydrogens (tertiary/aromatic N) is 2. The highest BCUT2D eigenvalue weighted by molar-refractivity contribution is 5.73. The van der Waals surface area contributed by atoms with Crippen LogP contribution in [0.1, 0.15) is 31.4 Å². The van der Waals surface area contributed by atoms with Crippen molar-refractivity contribution in [2.24, 2.45) is 0 Å². The minimum atomic E-state index is 0.125. The number of nitrogens with one attached hydrogen (secondary N) is 1. The summed E-state index contributed by atoms with van der Waals surface area (Å²) >= 11 is 0. The Balaban J connectivity index is 1.81. The van der Waals surface area contributed by atoms with Gasteiger partial charge in [0, 0.05) is 39.3 Å². The van der Waals surface area contributed by atoms with Crippen molar-refractivity contribution in [1.82, 2.24) is 15.1 Å². The Morgan fingerprint density at radius 1 is 1.25 bits per heavy atom. The van der Waals surface area contributed by atoms with Gasteiger partial charge in [0.1, 0.15) is 0 Å². The number of hydrogen-bond acceptors (Lipinski definition) is 2. The van der Waals surface area contributed by atoms with E-state index in [1.165, 1.54) is 5.56 Å². The normalized spacial score (nSPS) is 17.9. The fourth-order valence-corrected chi connectivity index (χ4v) is 2.71. The molecule has 1 fully saturated rings. The van der Waals surface area contributed by atoms with Gasteiger partial charge in [-0.3, -0.25) is 0 Å². The van der Waals surface area contributed by atoms with Gasteiger partial charge in [0.05, 0.1) is 0 Å². The third-order valence-corrected chi connectivity index (χ3v) is 3.93. The van der Waals surface area contributed by atoms with Crippen LogP contribution in [0.2, 0.25) is 0 Å². The lowest BCUT2D eigenvalue weighted by Gasteiger charge is -2.35. The fraction of sp³-hybridized carbons (Fsp3) is 0.562. The number of amides is 2. The van der Waals surface area contributed by atoms with Gasteiger partial charge in [0.2, 0.25) is 0 Å². The summed E-state index contributed by atoms with van der Waals surface area (Å²) in [7, 11) is 3.62. The second kappa shape index (κ2) is 6.75. The molecule has 0 bridgehead atoms. The van der Waals surface area contributed by atoms with Gasteiger partial charge in [-0.05, 0) is 25.3 Å². The largest absolute Gasteiger partial charge is 0.331 e. The van der Waals surface area contributed by atoms with Crippen LogP contribution < -0.4 is 5.32 Å². The Labute approximate surface area is 121 Å². The molecule has 1 saturated heterocycles. The van der Waals surface area contributed by atoms with Crippen molar-refractivity contribution in [2.75, 3.05) is 27.2 Å². The van der Waals surface area contributed by atoms with E-state index in [4.69, 9.17) is 0 Å². The van der Waals surface area contributed by atoms with Crippen molar-refractivity contribution in [1.29, 1.82) is 0 Å². The highest BCUT2D eigenvalue weighted by atomic mass is 16.2. The molecule has 110 valence electrons. The average molecular weight is 275 g/mol. The van der Waals surface area contributed by atoms with Crippen LogP contribution in [0.25, 0.3) is 0 Å². The zero-order valence-electron chi connectivity index (χ0n) is 12.7. The lowest BCUT2D eigenvalue weighted by Crippen LogP contribution is -2.48. The third kappa shape index (κ3) is 3.73. The van der Waals surface area contributed by atoms with Crippen LogP contribution in [0.5, 0.6) is 0 Å². The first-order chi connectivity index (χ1) is 9.58. The number of likely N-dealkylation sites (tertiary alicyclic amines) is 1. The maximum atomic E-state index is 11.9. The zero-order chi connectivity index (χ0) is 14.5. The third-order valence-electron chi connectivity index (χ3n) is 3.93. The fourth-order valence-electron chi connectivity index (χ4n) is 2.71. The molecule has 1 aliphatic heterocycles. The summed E-state index contributed by atoms with van der Waals surface area (Å²) in [6.07, 6.45) is 2.05. The summed E-state index contributed by atoms with van der Waals surface area (Å²) in [5, 5.41) is 3.67. The Morgan fingerprint density at radius 2 is 1.85 bits per heavy atom. The predicted octanol–water partition coefficient (Wildman–Crippen LogP) is 2.48. The number of carbonyl (C=O) groups excluding carboxylic acids is 1. The van der Waals surface area contributed by atoms with E-state index in [1.54, 1.807) is 4.90 Å². The number of benzene rings is 1. The molecule has 1 atom stereocenters. The summed E-state index contributed by atoms with van der Waals surface area (Å²) in [5.74, 6) is 0. The first-order valence-electron chi connectivity index (χ1n) is 7.35. The molecule has 1 heterocycles. The molecular weight excluding hydrogens is 250 g/mol. The van der Waals surface area contributed by atoms with Crippen molar-refractivity contribution in [3.8, 4) is 0 Å². The van der Waals surface area contributed by atoms with Gasteiger partial charge in [-0.1, -0.05) is 30.3 Å². The maximum Gasteiger partial charge on any atom is 0.319 e.